The molecule has 0 aromatic heterocycles. The number of ether oxygens (including phenoxy) is 4. The second-order valence-electron chi connectivity index (χ2n) is 5.08. The molecule has 10 heteroatoms. The number of azide groups is 1. The molecule has 23 heavy (non-hydrogen) atoms. The van der Waals surface area contributed by atoms with Crippen LogP contribution in [-0.4, -0.2) is 49.1 Å². The Morgan fingerprint density at radius 3 is 2.13 bits per heavy atom. The van der Waals surface area contributed by atoms with Crippen LogP contribution in [0.5, 0.6) is 0 Å². The van der Waals surface area contributed by atoms with E-state index in [1.54, 1.807) is 6.92 Å². The van der Waals surface area contributed by atoms with Crippen molar-refractivity contribution in [2.45, 2.75) is 52.2 Å². The van der Waals surface area contributed by atoms with E-state index in [1.807, 2.05) is 0 Å². The second-order valence-corrected chi connectivity index (χ2v) is 5.08. The highest BCUT2D eigenvalue weighted by molar-refractivity contribution is 5.67. The van der Waals surface area contributed by atoms with Crippen LogP contribution in [0.3, 0.4) is 0 Å². The molecule has 0 aliphatic carbocycles. The summed E-state index contributed by atoms with van der Waals surface area (Å²) >= 11 is 0. The van der Waals surface area contributed by atoms with Crippen molar-refractivity contribution in [3.8, 4) is 0 Å². The molecule has 3 unspecified atom stereocenters. The predicted molar refractivity (Wildman–Crippen MR) is 74.7 cm³/mol. The zero-order valence-electron chi connectivity index (χ0n) is 13.3. The predicted octanol–water partition coefficient (Wildman–Crippen LogP) is 1.08. The summed E-state index contributed by atoms with van der Waals surface area (Å²) in [6.45, 7) is 5.19. The molecule has 0 amide bonds. The molecule has 0 N–H and O–H groups in total. The smallest absolute Gasteiger partial charge is 0.303 e. The minimum Gasteiger partial charge on any atom is -0.463 e. The maximum atomic E-state index is 11.3. The van der Waals surface area contributed by atoms with E-state index < -0.39 is 48.4 Å². The van der Waals surface area contributed by atoms with Gasteiger partial charge in [0.25, 0.3) is 0 Å². The fraction of sp³-hybridized carbons (Fsp3) is 0.769. The first-order valence-electron chi connectivity index (χ1n) is 6.93. The molecule has 10 nitrogen and oxygen atoms in total. The third kappa shape index (κ3) is 5.42. The lowest BCUT2D eigenvalue weighted by molar-refractivity contribution is -0.228. The second kappa shape index (κ2) is 8.35. The Labute approximate surface area is 132 Å². The molecule has 0 bridgehead atoms. The normalized spacial score (nSPS) is 29.8. The molecule has 128 valence electrons. The van der Waals surface area contributed by atoms with Crippen LogP contribution in [0.2, 0.25) is 0 Å². The van der Waals surface area contributed by atoms with Crippen LogP contribution < -0.4 is 0 Å². The van der Waals surface area contributed by atoms with Gasteiger partial charge >= 0.3 is 17.9 Å². The average Bonchev–Trinajstić information content (AvgIpc) is 2.43. The minimum atomic E-state index is -1.20. The van der Waals surface area contributed by atoms with Crippen LogP contribution in [0.1, 0.15) is 27.7 Å². The topological polar surface area (TPSA) is 137 Å². The molecule has 1 heterocycles. The number of nitrogens with zero attached hydrogens (tertiary/aromatic N) is 3. The molecule has 1 saturated heterocycles. The first kappa shape index (κ1) is 18.7. The van der Waals surface area contributed by atoms with Gasteiger partial charge in [-0.15, -0.1) is 0 Å². The van der Waals surface area contributed by atoms with E-state index in [9.17, 15) is 14.4 Å². The highest BCUT2D eigenvalue weighted by Crippen LogP contribution is 2.31. The Kier molecular flexibility index (Phi) is 6.80. The Morgan fingerprint density at radius 1 is 1.09 bits per heavy atom. The quantitative estimate of drug-likeness (QED) is 0.242. The van der Waals surface area contributed by atoms with Crippen LogP contribution in [0.25, 0.3) is 10.4 Å². The summed E-state index contributed by atoms with van der Waals surface area (Å²) in [5, 5.41) is 3.44. The van der Waals surface area contributed by atoms with Crippen molar-refractivity contribution in [3.63, 3.8) is 0 Å². The lowest BCUT2D eigenvalue weighted by Crippen LogP contribution is -2.56. The van der Waals surface area contributed by atoms with E-state index in [1.165, 1.54) is 20.8 Å². The summed E-state index contributed by atoms with van der Waals surface area (Å²) in [5.41, 5.74) is 8.65. The first-order valence-corrected chi connectivity index (χ1v) is 6.93. The van der Waals surface area contributed by atoms with Gasteiger partial charge in [0.05, 0.1) is 6.10 Å². The molecular weight excluding hydrogens is 310 g/mol. The summed E-state index contributed by atoms with van der Waals surface area (Å²) in [5.74, 6) is -2.20. The molecule has 0 radical (unpaired) electrons. The Hall–Kier alpha value is -2.32. The van der Waals surface area contributed by atoms with Gasteiger partial charge in [0, 0.05) is 31.6 Å². The van der Waals surface area contributed by atoms with E-state index in [2.05, 4.69) is 10.0 Å². The number of hydrogen-bond acceptors (Lipinski definition) is 8. The highest BCUT2D eigenvalue weighted by Gasteiger charge is 2.47. The van der Waals surface area contributed by atoms with Crippen molar-refractivity contribution in [2.75, 3.05) is 6.61 Å². The number of hydrogen-bond donors (Lipinski definition) is 0. The van der Waals surface area contributed by atoms with Gasteiger partial charge in [-0.2, -0.15) is 0 Å². The summed E-state index contributed by atoms with van der Waals surface area (Å²) in [4.78, 5) is 36.2. The molecule has 5 atom stereocenters. The van der Waals surface area contributed by atoms with Crippen molar-refractivity contribution < 1.29 is 33.3 Å². The highest BCUT2D eigenvalue weighted by atomic mass is 16.6. The van der Waals surface area contributed by atoms with Gasteiger partial charge in [0.15, 0.2) is 12.3 Å². The van der Waals surface area contributed by atoms with Crippen molar-refractivity contribution in [3.05, 3.63) is 10.4 Å². The molecule has 1 fully saturated rings. The fourth-order valence-corrected chi connectivity index (χ4v) is 2.27. The van der Waals surface area contributed by atoms with Gasteiger partial charge in [-0.05, 0) is 5.53 Å². The number of rotatable bonds is 5. The fourth-order valence-electron chi connectivity index (χ4n) is 2.27. The lowest BCUT2D eigenvalue weighted by atomic mass is 9.90. The zero-order valence-corrected chi connectivity index (χ0v) is 13.3. The van der Waals surface area contributed by atoms with Gasteiger partial charge in [-0.3, -0.25) is 14.4 Å². The molecule has 1 aliphatic heterocycles. The molecule has 1 rings (SSSR count). The monoisotopic (exact) mass is 329 g/mol. The van der Waals surface area contributed by atoms with Crippen molar-refractivity contribution in [2.24, 2.45) is 11.0 Å². The standard InChI is InChI=1S/C13H19N3O7/c1-6-10(5-20-7(2)17)23-13(15-16-14)12(22-9(4)19)11(6)21-8(3)18/h6,10-13H,5H2,1-4H3/t6-,10?,11?,12?,13+/m0/s1. The van der Waals surface area contributed by atoms with Crippen molar-refractivity contribution in [1.29, 1.82) is 0 Å². The average molecular weight is 329 g/mol. The van der Waals surface area contributed by atoms with E-state index in [0.717, 1.165) is 0 Å². The van der Waals surface area contributed by atoms with Crippen LogP contribution in [0.15, 0.2) is 5.11 Å². The van der Waals surface area contributed by atoms with Crippen LogP contribution in [-0.2, 0) is 33.3 Å². The summed E-state index contributed by atoms with van der Waals surface area (Å²) < 4.78 is 20.8. The molecular formula is C13H19N3O7. The molecule has 0 aromatic carbocycles. The van der Waals surface area contributed by atoms with E-state index in [0.29, 0.717) is 0 Å². The SMILES string of the molecule is CC(=O)OCC1O[C@@H](N=[N+]=[N-])C(OC(C)=O)C(OC(C)=O)[C@H]1C. The zero-order chi connectivity index (χ0) is 17.6. The third-order valence-corrected chi connectivity index (χ3v) is 3.24. The maximum absolute atomic E-state index is 11.3. The summed E-state index contributed by atoms with van der Waals surface area (Å²) in [7, 11) is 0. The van der Waals surface area contributed by atoms with E-state index in [4.69, 9.17) is 24.5 Å². The minimum absolute atomic E-state index is 0.113. The Bertz CT molecular complexity index is 518. The molecule has 0 saturated carbocycles. The molecule has 0 spiro atoms. The number of carbonyl (C=O) groups excluding carboxylic acids is 3. The van der Waals surface area contributed by atoms with Crippen LogP contribution in [0.4, 0.5) is 0 Å². The lowest BCUT2D eigenvalue weighted by Gasteiger charge is -2.42. The van der Waals surface area contributed by atoms with Gasteiger partial charge in [0.2, 0.25) is 0 Å². The van der Waals surface area contributed by atoms with E-state index in [-0.39, 0.29) is 6.61 Å². The Balaban J connectivity index is 3.06. The maximum Gasteiger partial charge on any atom is 0.303 e. The van der Waals surface area contributed by atoms with Gasteiger partial charge in [-0.1, -0.05) is 12.0 Å². The largest absolute Gasteiger partial charge is 0.463 e. The number of esters is 3. The van der Waals surface area contributed by atoms with Crippen molar-refractivity contribution in [1.82, 2.24) is 0 Å². The molecule has 0 aromatic rings. The van der Waals surface area contributed by atoms with Crippen LogP contribution in [0, 0.1) is 5.92 Å². The summed E-state index contributed by atoms with van der Waals surface area (Å²) in [6, 6.07) is 0. The van der Waals surface area contributed by atoms with E-state index >= 15 is 0 Å². The van der Waals surface area contributed by atoms with Crippen LogP contribution >= 0.6 is 0 Å². The Morgan fingerprint density at radius 2 is 1.65 bits per heavy atom. The summed E-state index contributed by atoms with van der Waals surface area (Å²) in [6.07, 6.45) is -3.88. The van der Waals surface area contributed by atoms with Crippen molar-refractivity contribution >= 4 is 17.9 Å². The van der Waals surface area contributed by atoms with Gasteiger partial charge in [-0.25, -0.2) is 0 Å². The first-order chi connectivity index (χ1) is 10.8. The van der Waals surface area contributed by atoms with Gasteiger partial charge in [0.1, 0.15) is 12.7 Å². The molecule has 1 aliphatic rings. The number of carbonyl (C=O) groups is 3. The van der Waals surface area contributed by atoms with Gasteiger partial charge < -0.3 is 18.9 Å². The third-order valence-electron chi connectivity index (χ3n) is 3.24.